The number of rotatable bonds is 9. The van der Waals surface area contributed by atoms with E-state index in [2.05, 4.69) is 0 Å². The third-order valence-electron chi connectivity index (χ3n) is 4.02. The SMILES string of the molecule is CC(C)OCc1ccc(C(=O)N(CCC(=O)O)Cc2ccc(F)c(F)c2)cc1. The molecule has 2 aromatic carbocycles. The van der Waals surface area contributed by atoms with Gasteiger partial charge in [0.25, 0.3) is 5.91 Å². The van der Waals surface area contributed by atoms with Crippen LogP contribution in [0.15, 0.2) is 42.5 Å². The minimum atomic E-state index is -1.05. The summed E-state index contributed by atoms with van der Waals surface area (Å²) in [5.41, 5.74) is 1.66. The molecule has 0 aromatic heterocycles. The lowest BCUT2D eigenvalue weighted by atomic mass is 10.1. The summed E-state index contributed by atoms with van der Waals surface area (Å²) in [6, 6.07) is 10.2. The highest BCUT2D eigenvalue weighted by molar-refractivity contribution is 5.94. The summed E-state index contributed by atoms with van der Waals surface area (Å²) in [7, 11) is 0. The Labute approximate surface area is 162 Å². The highest BCUT2D eigenvalue weighted by atomic mass is 19.2. The van der Waals surface area contributed by atoms with Crippen LogP contribution in [-0.2, 0) is 22.7 Å². The fourth-order valence-corrected chi connectivity index (χ4v) is 2.53. The molecule has 0 radical (unpaired) electrons. The Kier molecular flexibility index (Phi) is 7.63. The molecule has 5 nitrogen and oxygen atoms in total. The first-order valence-corrected chi connectivity index (χ1v) is 8.92. The summed E-state index contributed by atoms with van der Waals surface area (Å²) in [6.45, 7) is 4.20. The molecule has 0 aliphatic carbocycles. The number of nitrogens with zero attached hydrogens (tertiary/aromatic N) is 1. The molecule has 28 heavy (non-hydrogen) atoms. The highest BCUT2D eigenvalue weighted by Crippen LogP contribution is 2.15. The van der Waals surface area contributed by atoms with Gasteiger partial charge in [-0.05, 0) is 49.2 Å². The van der Waals surface area contributed by atoms with E-state index >= 15 is 0 Å². The number of carbonyl (C=O) groups is 2. The number of carboxylic acids is 1. The van der Waals surface area contributed by atoms with Gasteiger partial charge in [0.05, 0.1) is 19.1 Å². The molecule has 0 spiro atoms. The van der Waals surface area contributed by atoms with Crippen molar-refractivity contribution in [3.8, 4) is 0 Å². The first-order valence-electron chi connectivity index (χ1n) is 8.92. The summed E-state index contributed by atoms with van der Waals surface area (Å²) < 4.78 is 32.1. The maximum atomic E-state index is 13.5. The van der Waals surface area contributed by atoms with Gasteiger partial charge in [0.1, 0.15) is 0 Å². The van der Waals surface area contributed by atoms with Gasteiger partial charge in [-0.2, -0.15) is 0 Å². The molecule has 0 heterocycles. The average Bonchev–Trinajstić information content (AvgIpc) is 2.66. The molecular weight excluding hydrogens is 368 g/mol. The van der Waals surface area contributed by atoms with Crippen LogP contribution in [0.2, 0.25) is 0 Å². The summed E-state index contributed by atoms with van der Waals surface area (Å²) in [5.74, 6) is -3.43. The van der Waals surface area contributed by atoms with E-state index in [0.717, 1.165) is 17.7 Å². The van der Waals surface area contributed by atoms with Crippen molar-refractivity contribution >= 4 is 11.9 Å². The van der Waals surface area contributed by atoms with Crippen LogP contribution < -0.4 is 0 Å². The minimum absolute atomic E-state index is 0.0263. The standard InChI is InChI=1S/C21H23F2NO4/c1-14(2)28-13-15-3-6-17(7-4-15)21(27)24(10-9-20(25)26)12-16-5-8-18(22)19(23)11-16/h3-8,11,14H,9-10,12-13H2,1-2H3,(H,25,26). The Hall–Kier alpha value is -2.80. The fraction of sp³-hybridized carbons (Fsp3) is 0.333. The zero-order valence-electron chi connectivity index (χ0n) is 15.8. The Balaban J connectivity index is 2.15. The van der Waals surface area contributed by atoms with Crippen molar-refractivity contribution in [1.82, 2.24) is 4.90 Å². The number of carbonyl (C=O) groups excluding carboxylic acids is 1. The van der Waals surface area contributed by atoms with Crippen LogP contribution in [-0.4, -0.2) is 34.5 Å². The number of carboxylic acid groups (broad SMARTS) is 1. The number of amides is 1. The largest absolute Gasteiger partial charge is 0.481 e. The van der Waals surface area contributed by atoms with E-state index in [1.165, 1.54) is 11.0 Å². The first kappa shape index (κ1) is 21.5. The van der Waals surface area contributed by atoms with E-state index < -0.39 is 17.6 Å². The van der Waals surface area contributed by atoms with Crippen LogP contribution in [0.5, 0.6) is 0 Å². The van der Waals surface area contributed by atoms with Crippen molar-refractivity contribution in [2.24, 2.45) is 0 Å². The number of hydrogen-bond acceptors (Lipinski definition) is 3. The molecule has 0 aliphatic heterocycles. The van der Waals surface area contributed by atoms with Crippen LogP contribution in [0.25, 0.3) is 0 Å². The van der Waals surface area contributed by atoms with Gasteiger partial charge in [-0.3, -0.25) is 9.59 Å². The quantitative estimate of drug-likeness (QED) is 0.702. The molecule has 0 saturated carbocycles. The zero-order valence-corrected chi connectivity index (χ0v) is 15.8. The normalized spacial score (nSPS) is 10.9. The predicted molar refractivity (Wildman–Crippen MR) is 99.7 cm³/mol. The van der Waals surface area contributed by atoms with Crippen molar-refractivity contribution in [1.29, 1.82) is 0 Å². The number of benzene rings is 2. The van der Waals surface area contributed by atoms with E-state index in [9.17, 15) is 18.4 Å². The lowest BCUT2D eigenvalue weighted by Crippen LogP contribution is -2.32. The van der Waals surface area contributed by atoms with Crippen molar-refractivity contribution in [3.05, 3.63) is 70.8 Å². The molecule has 1 amide bonds. The Bertz CT molecular complexity index is 822. The maximum absolute atomic E-state index is 13.5. The van der Waals surface area contributed by atoms with Crippen molar-refractivity contribution in [3.63, 3.8) is 0 Å². The van der Waals surface area contributed by atoms with E-state index in [-0.39, 0.29) is 31.5 Å². The van der Waals surface area contributed by atoms with E-state index in [1.54, 1.807) is 24.3 Å². The van der Waals surface area contributed by atoms with Crippen LogP contribution in [0.1, 0.15) is 41.8 Å². The first-order chi connectivity index (χ1) is 13.3. The lowest BCUT2D eigenvalue weighted by Gasteiger charge is -2.22. The van der Waals surface area contributed by atoms with Crippen LogP contribution in [0.4, 0.5) is 8.78 Å². The van der Waals surface area contributed by atoms with Crippen molar-refractivity contribution < 1.29 is 28.2 Å². The van der Waals surface area contributed by atoms with Crippen LogP contribution in [0, 0.1) is 11.6 Å². The Morgan fingerprint density at radius 2 is 1.68 bits per heavy atom. The number of halogens is 2. The highest BCUT2D eigenvalue weighted by Gasteiger charge is 2.18. The van der Waals surface area contributed by atoms with Gasteiger partial charge >= 0.3 is 5.97 Å². The summed E-state index contributed by atoms with van der Waals surface area (Å²) in [6.07, 6.45) is -0.167. The second kappa shape index (κ2) is 9.94. The van der Waals surface area contributed by atoms with Gasteiger partial charge in [0, 0.05) is 18.7 Å². The number of hydrogen-bond donors (Lipinski definition) is 1. The van der Waals surface area contributed by atoms with Crippen LogP contribution in [0.3, 0.4) is 0 Å². The molecule has 0 fully saturated rings. The molecule has 0 saturated heterocycles. The summed E-state index contributed by atoms with van der Waals surface area (Å²) >= 11 is 0. The second-order valence-electron chi connectivity index (χ2n) is 6.68. The van der Waals surface area contributed by atoms with E-state index in [0.29, 0.717) is 17.7 Å². The van der Waals surface area contributed by atoms with Gasteiger partial charge in [0.2, 0.25) is 0 Å². The Morgan fingerprint density at radius 3 is 2.25 bits per heavy atom. The monoisotopic (exact) mass is 391 g/mol. The van der Waals surface area contributed by atoms with Crippen molar-refractivity contribution in [2.75, 3.05) is 6.54 Å². The molecule has 7 heteroatoms. The summed E-state index contributed by atoms with van der Waals surface area (Å²) in [4.78, 5) is 25.1. The topological polar surface area (TPSA) is 66.8 Å². The molecule has 0 unspecified atom stereocenters. The molecule has 1 N–H and O–H groups in total. The molecule has 0 atom stereocenters. The molecule has 150 valence electrons. The molecule has 2 rings (SSSR count). The van der Waals surface area contributed by atoms with Gasteiger partial charge in [-0.1, -0.05) is 18.2 Å². The molecular formula is C21H23F2NO4. The third kappa shape index (κ3) is 6.42. The van der Waals surface area contributed by atoms with E-state index in [1.807, 2.05) is 13.8 Å². The summed E-state index contributed by atoms with van der Waals surface area (Å²) in [5, 5.41) is 8.94. The van der Waals surface area contributed by atoms with Gasteiger partial charge in [0.15, 0.2) is 11.6 Å². The average molecular weight is 391 g/mol. The second-order valence-corrected chi connectivity index (χ2v) is 6.68. The van der Waals surface area contributed by atoms with Gasteiger partial charge in [-0.25, -0.2) is 8.78 Å². The zero-order chi connectivity index (χ0) is 20.7. The smallest absolute Gasteiger partial charge is 0.305 e. The maximum Gasteiger partial charge on any atom is 0.305 e. The van der Waals surface area contributed by atoms with Gasteiger partial charge in [-0.15, -0.1) is 0 Å². The van der Waals surface area contributed by atoms with Crippen LogP contribution >= 0.6 is 0 Å². The fourth-order valence-electron chi connectivity index (χ4n) is 2.53. The van der Waals surface area contributed by atoms with Crippen molar-refractivity contribution in [2.45, 2.75) is 39.5 Å². The molecule has 0 bridgehead atoms. The third-order valence-corrected chi connectivity index (χ3v) is 4.02. The minimum Gasteiger partial charge on any atom is -0.481 e. The number of aliphatic carboxylic acids is 1. The Morgan fingerprint density at radius 1 is 1.04 bits per heavy atom. The number of ether oxygens (including phenoxy) is 1. The molecule has 0 aliphatic rings. The molecule has 2 aromatic rings. The lowest BCUT2D eigenvalue weighted by molar-refractivity contribution is -0.137. The van der Waals surface area contributed by atoms with E-state index in [4.69, 9.17) is 9.84 Å². The van der Waals surface area contributed by atoms with Gasteiger partial charge < -0.3 is 14.7 Å². The predicted octanol–water partition coefficient (Wildman–Crippen LogP) is 4.01.